The van der Waals surface area contributed by atoms with Crippen LogP contribution in [0.2, 0.25) is 0 Å². The summed E-state index contributed by atoms with van der Waals surface area (Å²) in [5.41, 5.74) is 1.64. The molecule has 1 aromatic carbocycles. The molecule has 4 aromatic rings. The summed E-state index contributed by atoms with van der Waals surface area (Å²) in [5, 5.41) is 7.76. The van der Waals surface area contributed by atoms with Crippen molar-refractivity contribution < 1.29 is 13.4 Å². The minimum Gasteiger partial charge on any atom is -0.329 e. The third-order valence-corrected chi connectivity index (χ3v) is 3.29. The molecule has 4 rings (SSSR count). The molecular weight excluding hydrogens is 313 g/mol. The van der Waals surface area contributed by atoms with E-state index in [1.54, 1.807) is 36.7 Å². The lowest BCUT2D eigenvalue weighted by Gasteiger charge is -1.95. The van der Waals surface area contributed by atoms with Gasteiger partial charge in [-0.2, -0.15) is 9.97 Å². The number of rotatable bonds is 4. The molecule has 0 aliphatic carbocycles. The third kappa shape index (κ3) is 2.89. The van der Waals surface area contributed by atoms with Crippen LogP contribution in [-0.4, -0.2) is 25.3 Å². The number of pyridine rings is 1. The Morgan fingerprint density at radius 3 is 2.33 bits per heavy atom. The number of nitrogens with zero attached hydrogens (tertiary/aromatic N) is 5. The zero-order valence-electron chi connectivity index (χ0n) is 12.3. The Kier molecular flexibility index (Phi) is 3.54. The molecule has 7 nitrogen and oxygen atoms in total. The van der Waals surface area contributed by atoms with Crippen LogP contribution in [0, 0.1) is 5.82 Å². The summed E-state index contributed by atoms with van der Waals surface area (Å²) in [4.78, 5) is 12.4. The van der Waals surface area contributed by atoms with Crippen LogP contribution < -0.4 is 0 Å². The van der Waals surface area contributed by atoms with Crippen molar-refractivity contribution in [3.63, 3.8) is 0 Å². The van der Waals surface area contributed by atoms with Gasteiger partial charge in [0.05, 0.1) is 0 Å². The van der Waals surface area contributed by atoms with Gasteiger partial charge in [0, 0.05) is 24.4 Å². The average molecular weight is 323 g/mol. The van der Waals surface area contributed by atoms with Crippen molar-refractivity contribution in [2.45, 2.75) is 6.42 Å². The minimum absolute atomic E-state index is 0.139. The minimum atomic E-state index is -0.290. The summed E-state index contributed by atoms with van der Waals surface area (Å²) in [6, 6.07) is 9.63. The number of hydrogen-bond donors (Lipinski definition) is 0. The van der Waals surface area contributed by atoms with E-state index >= 15 is 0 Å². The second-order valence-electron chi connectivity index (χ2n) is 4.98. The van der Waals surface area contributed by atoms with Crippen LogP contribution in [0.25, 0.3) is 23.2 Å². The first-order chi connectivity index (χ1) is 11.8. The van der Waals surface area contributed by atoms with Gasteiger partial charge in [0.1, 0.15) is 5.82 Å². The maximum Gasteiger partial charge on any atom is 0.316 e. The van der Waals surface area contributed by atoms with Crippen molar-refractivity contribution in [1.82, 2.24) is 25.3 Å². The zero-order valence-corrected chi connectivity index (χ0v) is 12.3. The van der Waals surface area contributed by atoms with E-state index in [1.165, 1.54) is 12.1 Å². The zero-order chi connectivity index (χ0) is 16.4. The van der Waals surface area contributed by atoms with E-state index in [9.17, 15) is 4.39 Å². The standard InChI is InChI=1S/C16H10FN5O2/c17-12-3-1-10(2-4-12)9-13-19-15(23-21-13)16-20-14(22-24-16)11-5-7-18-8-6-11/h1-8H,9H2. The highest BCUT2D eigenvalue weighted by Gasteiger charge is 2.17. The van der Waals surface area contributed by atoms with Gasteiger partial charge < -0.3 is 9.05 Å². The predicted octanol–water partition coefficient (Wildman–Crippen LogP) is 2.91. The highest BCUT2D eigenvalue weighted by Crippen LogP contribution is 2.20. The van der Waals surface area contributed by atoms with E-state index in [4.69, 9.17) is 9.05 Å². The number of halogens is 1. The third-order valence-electron chi connectivity index (χ3n) is 3.29. The van der Waals surface area contributed by atoms with Gasteiger partial charge in [-0.25, -0.2) is 4.39 Å². The quantitative estimate of drug-likeness (QED) is 0.570. The maximum atomic E-state index is 12.9. The van der Waals surface area contributed by atoms with Gasteiger partial charge >= 0.3 is 11.8 Å². The lowest BCUT2D eigenvalue weighted by Crippen LogP contribution is -1.91. The Hall–Kier alpha value is -3.42. The molecule has 3 heterocycles. The van der Waals surface area contributed by atoms with E-state index in [2.05, 4.69) is 25.3 Å². The van der Waals surface area contributed by atoms with Crippen molar-refractivity contribution in [3.8, 4) is 23.2 Å². The molecule has 0 saturated carbocycles. The van der Waals surface area contributed by atoms with Crippen LogP contribution in [-0.2, 0) is 6.42 Å². The number of aromatic nitrogens is 5. The van der Waals surface area contributed by atoms with Gasteiger partial charge in [-0.3, -0.25) is 4.98 Å². The molecule has 24 heavy (non-hydrogen) atoms. The van der Waals surface area contributed by atoms with Crippen LogP contribution in [0.4, 0.5) is 4.39 Å². The van der Waals surface area contributed by atoms with Crippen molar-refractivity contribution in [1.29, 1.82) is 0 Å². The number of benzene rings is 1. The fourth-order valence-corrected chi connectivity index (χ4v) is 2.13. The molecule has 0 aliphatic heterocycles. The maximum absolute atomic E-state index is 12.9. The van der Waals surface area contributed by atoms with Crippen LogP contribution in [0.1, 0.15) is 11.4 Å². The van der Waals surface area contributed by atoms with Gasteiger partial charge in [-0.1, -0.05) is 22.4 Å². The Morgan fingerprint density at radius 1 is 0.833 bits per heavy atom. The summed E-state index contributed by atoms with van der Waals surface area (Å²) in [5.74, 6) is 0.840. The molecule has 0 spiro atoms. The van der Waals surface area contributed by atoms with Crippen LogP contribution in [0.5, 0.6) is 0 Å². The lowest BCUT2D eigenvalue weighted by atomic mass is 10.1. The summed E-state index contributed by atoms with van der Waals surface area (Å²) < 4.78 is 23.2. The smallest absolute Gasteiger partial charge is 0.316 e. The molecule has 0 fully saturated rings. The Morgan fingerprint density at radius 2 is 1.54 bits per heavy atom. The van der Waals surface area contributed by atoms with Gasteiger partial charge in [-0.05, 0) is 29.8 Å². The molecule has 0 bridgehead atoms. The van der Waals surface area contributed by atoms with Crippen molar-refractivity contribution >= 4 is 0 Å². The molecule has 0 aliphatic rings. The molecule has 8 heteroatoms. The van der Waals surface area contributed by atoms with Crippen molar-refractivity contribution in [2.75, 3.05) is 0 Å². The fraction of sp³-hybridized carbons (Fsp3) is 0.0625. The second kappa shape index (κ2) is 5.99. The van der Waals surface area contributed by atoms with E-state index < -0.39 is 0 Å². The average Bonchev–Trinajstić information content (AvgIpc) is 3.27. The first-order valence-corrected chi connectivity index (χ1v) is 7.09. The van der Waals surface area contributed by atoms with Crippen molar-refractivity contribution in [2.24, 2.45) is 0 Å². The largest absolute Gasteiger partial charge is 0.329 e. The van der Waals surface area contributed by atoms with Gasteiger partial charge in [-0.15, -0.1) is 0 Å². The summed E-state index contributed by atoms with van der Waals surface area (Å²) in [6.07, 6.45) is 3.69. The molecule has 0 atom stereocenters. The molecule has 118 valence electrons. The van der Waals surface area contributed by atoms with E-state index in [1.807, 2.05) is 0 Å². The van der Waals surface area contributed by atoms with Gasteiger partial charge in [0.15, 0.2) is 5.82 Å². The summed E-state index contributed by atoms with van der Waals surface area (Å²) in [7, 11) is 0. The summed E-state index contributed by atoms with van der Waals surface area (Å²) in [6.45, 7) is 0. The molecule has 0 unspecified atom stereocenters. The molecule has 3 aromatic heterocycles. The fourth-order valence-electron chi connectivity index (χ4n) is 2.13. The lowest BCUT2D eigenvalue weighted by molar-refractivity contribution is 0.380. The topological polar surface area (TPSA) is 90.7 Å². The van der Waals surface area contributed by atoms with E-state index in [-0.39, 0.29) is 17.6 Å². The van der Waals surface area contributed by atoms with E-state index in [0.717, 1.165) is 11.1 Å². The van der Waals surface area contributed by atoms with E-state index in [0.29, 0.717) is 18.1 Å². The second-order valence-corrected chi connectivity index (χ2v) is 4.98. The molecule has 0 amide bonds. The van der Waals surface area contributed by atoms with Crippen molar-refractivity contribution in [3.05, 3.63) is 66.0 Å². The van der Waals surface area contributed by atoms with Crippen LogP contribution in [0.15, 0.2) is 57.8 Å². The predicted molar refractivity (Wildman–Crippen MR) is 80.0 cm³/mol. The highest BCUT2D eigenvalue weighted by molar-refractivity contribution is 5.55. The number of hydrogen-bond acceptors (Lipinski definition) is 7. The highest BCUT2D eigenvalue weighted by atomic mass is 19.1. The monoisotopic (exact) mass is 323 g/mol. The molecule has 0 radical (unpaired) electrons. The Bertz CT molecular complexity index is 950. The van der Waals surface area contributed by atoms with Gasteiger partial charge in [0.25, 0.3) is 0 Å². The van der Waals surface area contributed by atoms with Crippen LogP contribution >= 0.6 is 0 Å². The molecule has 0 N–H and O–H groups in total. The van der Waals surface area contributed by atoms with Crippen LogP contribution in [0.3, 0.4) is 0 Å². The first kappa shape index (κ1) is 14.2. The normalized spacial score (nSPS) is 10.9. The Balaban J connectivity index is 1.55. The van der Waals surface area contributed by atoms with Gasteiger partial charge in [0.2, 0.25) is 5.82 Å². The first-order valence-electron chi connectivity index (χ1n) is 7.09. The molecular formula is C16H10FN5O2. The summed E-state index contributed by atoms with van der Waals surface area (Å²) >= 11 is 0. The Labute approximate surface area is 135 Å². The molecule has 0 saturated heterocycles. The SMILES string of the molecule is Fc1ccc(Cc2noc(-c3nc(-c4ccncc4)no3)n2)cc1.